The summed E-state index contributed by atoms with van der Waals surface area (Å²) in [5.41, 5.74) is 1.80. The minimum Gasteiger partial charge on any atom is -0.494 e. The number of amides is 1. The number of carboxylic acid groups (broad SMARTS) is 1. The van der Waals surface area contributed by atoms with E-state index in [1.165, 1.54) is 19.2 Å². The van der Waals surface area contributed by atoms with Crippen LogP contribution in [0.4, 0.5) is 4.39 Å². The molecule has 0 fully saturated rings. The Hall–Kier alpha value is -2.93. The summed E-state index contributed by atoms with van der Waals surface area (Å²) in [6.07, 6.45) is -0.212. The lowest BCUT2D eigenvalue weighted by Gasteiger charge is -2.26. The summed E-state index contributed by atoms with van der Waals surface area (Å²) < 4.78 is 24.3. The van der Waals surface area contributed by atoms with Crippen molar-refractivity contribution in [3.8, 4) is 5.75 Å². The van der Waals surface area contributed by atoms with E-state index in [1.54, 1.807) is 12.1 Å². The highest BCUT2D eigenvalue weighted by Crippen LogP contribution is 2.28. The lowest BCUT2D eigenvalue weighted by Crippen LogP contribution is -2.39. The molecule has 2 N–H and O–H groups in total. The average Bonchev–Trinajstić information content (AvgIpc) is 2.65. The van der Waals surface area contributed by atoms with Crippen LogP contribution in [0.25, 0.3) is 0 Å². The van der Waals surface area contributed by atoms with Crippen LogP contribution in [0.5, 0.6) is 5.75 Å². The number of aliphatic carboxylic acids is 1. The highest BCUT2D eigenvalue weighted by molar-refractivity contribution is 5.88. The lowest BCUT2D eigenvalue weighted by atomic mass is 9.96. The molecule has 0 spiro atoms. The standard InChI is InChI=1S/C19H18FNO5/c1-25-15-7-6-12(10-14(15)20)16(19(23)24)21-18(22)17-13-5-3-2-4-11(13)8-9-26-17/h2-7,10,16-17H,8-9H2,1H3,(H,21,22)(H,23,24). The van der Waals surface area contributed by atoms with Gasteiger partial charge in [0, 0.05) is 0 Å². The van der Waals surface area contributed by atoms with E-state index >= 15 is 0 Å². The maximum Gasteiger partial charge on any atom is 0.330 e. The molecule has 2 aromatic carbocycles. The summed E-state index contributed by atoms with van der Waals surface area (Å²) >= 11 is 0. The molecule has 26 heavy (non-hydrogen) atoms. The molecule has 7 heteroatoms. The van der Waals surface area contributed by atoms with Crippen molar-refractivity contribution in [3.05, 3.63) is 65.0 Å². The van der Waals surface area contributed by atoms with E-state index in [2.05, 4.69) is 5.32 Å². The predicted molar refractivity (Wildman–Crippen MR) is 90.3 cm³/mol. The van der Waals surface area contributed by atoms with E-state index < -0.39 is 29.8 Å². The Balaban J connectivity index is 1.84. The number of carbonyl (C=O) groups is 2. The highest BCUT2D eigenvalue weighted by atomic mass is 19.1. The quantitative estimate of drug-likeness (QED) is 0.856. The Morgan fingerprint density at radius 2 is 2.08 bits per heavy atom. The van der Waals surface area contributed by atoms with Gasteiger partial charge in [-0.3, -0.25) is 4.79 Å². The van der Waals surface area contributed by atoms with Crippen LogP contribution in [0.2, 0.25) is 0 Å². The summed E-state index contributed by atoms with van der Waals surface area (Å²) in [7, 11) is 1.31. The van der Waals surface area contributed by atoms with Gasteiger partial charge in [0.15, 0.2) is 23.7 Å². The van der Waals surface area contributed by atoms with E-state index in [1.807, 2.05) is 12.1 Å². The first-order valence-electron chi connectivity index (χ1n) is 8.07. The molecule has 1 amide bonds. The molecule has 1 aliphatic heterocycles. The Morgan fingerprint density at radius 3 is 2.77 bits per heavy atom. The minimum atomic E-state index is -1.40. The van der Waals surface area contributed by atoms with Crippen LogP contribution in [0.1, 0.15) is 28.8 Å². The van der Waals surface area contributed by atoms with Gasteiger partial charge in [0.25, 0.3) is 5.91 Å². The molecule has 0 saturated heterocycles. The SMILES string of the molecule is COc1ccc(C(NC(=O)C2OCCc3ccccc32)C(=O)O)cc1F. The first-order valence-corrected chi connectivity index (χ1v) is 8.07. The number of carboxylic acids is 1. The first kappa shape index (κ1) is 17.9. The van der Waals surface area contributed by atoms with Crippen LogP contribution in [0.3, 0.4) is 0 Å². The molecule has 0 aromatic heterocycles. The smallest absolute Gasteiger partial charge is 0.330 e. The van der Waals surface area contributed by atoms with Gasteiger partial charge in [-0.25, -0.2) is 9.18 Å². The third-order valence-electron chi connectivity index (χ3n) is 4.27. The number of fused-ring (bicyclic) bond motifs is 1. The van der Waals surface area contributed by atoms with Crippen molar-refractivity contribution in [2.75, 3.05) is 13.7 Å². The van der Waals surface area contributed by atoms with E-state index in [0.717, 1.165) is 11.6 Å². The number of nitrogens with one attached hydrogen (secondary N) is 1. The van der Waals surface area contributed by atoms with Crippen LogP contribution in [0, 0.1) is 5.82 Å². The van der Waals surface area contributed by atoms with Crippen molar-refractivity contribution < 1.29 is 28.6 Å². The predicted octanol–water partition coefficient (Wildman–Crippen LogP) is 2.39. The van der Waals surface area contributed by atoms with Gasteiger partial charge in [-0.05, 0) is 35.2 Å². The normalized spacial score (nSPS) is 17.1. The molecule has 1 aliphatic rings. The minimum absolute atomic E-state index is 0.00578. The van der Waals surface area contributed by atoms with Gasteiger partial charge in [-0.1, -0.05) is 30.3 Å². The van der Waals surface area contributed by atoms with Gasteiger partial charge < -0.3 is 19.9 Å². The van der Waals surface area contributed by atoms with Crippen molar-refractivity contribution in [2.24, 2.45) is 0 Å². The van der Waals surface area contributed by atoms with Crippen LogP contribution >= 0.6 is 0 Å². The van der Waals surface area contributed by atoms with E-state index in [4.69, 9.17) is 9.47 Å². The van der Waals surface area contributed by atoms with Gasteiger partial charge in [0.1, 0.15) is 0 Å². The third-order valence-corrected chi connectivity index (χ3v) is 4.27. The number of methoxy groups -OCH3 is 1. The maximum atomic E-state index is 13.9. The molecule has 3 rings (SSSR count). The number of carbonyl (C=O) groups excluding carboxylic acids is 1. The zero-order valence-electron chi connectivity index (χ0n) is 14.1. The number of benzene rings is 2. The van der Waals surface area contributed by atoms with E-state index in [-0.39, 0.29) is 11.3 Å². The molecule has 1 heterocycles. The average molecular weight is 359 g/mol. The van der Waals surface area contributed by atoms with Gasteiger partial charge in [-0.15, -0.1) is 0 Å². The van der Waals surface area contributed by atoms with Gasteiger partial charge in [0.2, 0.25) is 0 Å². The number of rotatable bonds is 5. The molecule has 0 bridgehead atoms. The van der Waals surface area contributed by atoms with E-state index in [0.29, 0.717) is 18.6 Å². The Labute approximate surface area is 149 Å². The fraction of sp³-hybridized carbons (Fsp3) is 0.263. The van der Waals surface area contributed by atoms with Crippen molar-refractivity contribution in [2.45, 2.75) is 18.6 Å². The maximum absolute atomic E-state index is 13.9. The molecule has 0 aliphatic carbocycles. The summed E-state index contributed by atoms with van der Waals surface area (Å²) in [6.45, 7) is 0.365. The first-order chi connectivity index (χ1) is 12.5. The number of halogens is 1. The van der Waals surface area contributed by atoms with Crippen LogP contribution < -0.4 is 10.1 Å². The number of hydrogen-bond donors (Lipinski definition) is 2. The number of ether oxygens (including phenoxy) is 2. The summed E-state index contributed by atoms with van der Waals surface area (Å²) in [5, 5.41) is 11.9. The number of hydrogen-bond acceptors (Lipinski definition) is 4. The molecule has 2 unspecified atom stereocenters. The second kappa shape index (κ2) is 7.53. The Kier molecular flexibility index (Phi) is 5.18. The molecule has 2 atom stereocenters. The molecule has 136 valence electrons. The summed E-state index contributed by atoms with van der Waals surface area (Å²) in [6, 6.07) is 9.71. The highest BCUT2D eigenvalue weighted by Gasteiger charge is 2.31. The summed E-state index contributed by atoms with van der Waals surface area (Å²) in [4.78, 5) is 24.3. The van der Waals surface area contributed by atoms with Gasteiger partial charge in [-0.2, -0.15) is 0 Å². The molecule has 0 saturated carbocycles. The van der Waals surface area contributed by atoms with Crippen molar-refractivity contribution in [3.63, 3.8) is 0 Å². The zero-order valence-corrected chi connectivity index (χ0v) is 14.1. The lowest BCUT2D eigenvalue weighted by molar-refractivity contribution is -0.145. The second-order valence-electron chi connectivity index (χ2n) is 5.87. The third kappa shape index (κ3) is 3.52. The molecule has 2 aromatic rings. The Morgan fingerprint density at radius 1 is 1.31 bits per heavy atom. The molecule has 6 nitrogen and oxygen atoms in total. The van der Waals surface area contributed by atoms with Crippen LogP contribution in [0.15, 0.2) is 42.5 Å². The fourth-order valence-corrected chi connectivity index (χ4v) is 2.98. The topological polar surface area (TPSA) is 84.9 Å². The largest absolute Gasteiger partial charge is 0.494 e. The van der Waals surface area contributed by atoms with Crippen LogP contribution in [-0.4, -0.2) is 30.7 Å². The van der Waals surface area contributed by atoms with Gasteiger partial charge >= 0.3 is 5.97 Å². The molecule has 0 radical (unpaired) electrons. The second-order valence-corrected chi connectivity index (χ2v) is 5.87. The van der Waals surface area contributed by atoms with Crippen LogP contribution in [-0.2, 0) is 20.7 Å². The fourth-order valence-electron chi connectivity index (χ4n) is 2.98. The molecular formula is C19H18FNO5. The van der Waals surface area contributed by atoms with Crippen molar-refractivity contribution >= 4 is 11.9 Å². The van der Waals surface area contributed by atoms with Gasteiger partial charge in [0.05, 0.1) is 13.7 Å². The zero-order chi connectivity index (χ0) is 18.7. The van der Waals surface area contributed by atoms with E-state index in [9.17, 15) is 19.1 Å². The monoisotopic (exact) mass is 359 g/mol. The van der Waals surface area contributed by atoms with Crippen molar-refractivity contribution in [1.29, 1.82) is 0 Å². The Bertz CT molecular complexity index is 838. The molecular weight excluding hydrogens is 341 g/mol. The van der Waals surface area contributed by atoms with Crippen molar-refractivity contribution in [1.82, 2.24) is 5.32 Å². The summed E-state index contributed by atoms with van der Waals surface area (Å²) in [5.74, 6) is -2.59.